The number of nitrogens with zero attached hydrogens (tertiary/aromatic N) is 3. The quantitative estimate of drug-likeness (QED) is 0.756. The van der Waals surface area contributed by atoms with Gasteiger partial charge in [0.05, 0.1) is 18.6 Å². The Balaban J connectivity index is 2.09. The average molecular weight is 235 g/mol. The summed E-state index contributed by atoms with van der Waals surface area (Å²) in [7, 11) is 0. The minimum Gasteiger partial charge on any atom is -0.378 e. The van der Waals surface area contributed by atoms with Gasteiger partial charge in [0.25, 0.3) is 0 Å². The van der Waals surface area contributed by atoms with Gasteiger partial charge in [-0.25, -0.2) is 9.97 Å². The van der Waals surface area contributed by atoms with Gasteiger partial charge in [0, 0.05) is 13.1 Å². The minimum absolute atomic E-state index is 0.786. The van der Waals surface area contributed by atoms with Crippen molar-refractivity contribution in [1.29, 1.82) is 0 Å². The van der Waals surface area contributed by atoms with Crippen molar-refractivity contribution >= 4 is 27.4 Å². The van der Waals surface area contributed by atoms with Gasteiger partial charge in [-0.2, -0.15) is 0 Å². The number of hydrogen-bond donors (Lipinski definition) is 0. The molecular formula is C11H13N3OS. The zero-order chi connectivity index (χ0) is 11.0. The third-order valence-corrected chi connectivity index (χ3v) is 3.53. The molecule has 84 valence electrons. The van der Waals surface area contributed by atoms with Crippen LogP contribution in [0.4, 0.5) is 5.82 Å². The first kappa shape index (κ1) is 9.99. The van der Waals surface area contributed by atoms with Crippen LogP contribution in [0.25, 0.3) is 10.2 Å². The van der Waals surface area contributed by atoms with Crippen molar-refractivity contribution in [1.82, 2.24) is 9.97 Å². The van der Waals surface area contributed by atoms with Crippen molar-refractivity contribution in [3.63, 3.8) is 0 Å². The molecule has 0 saturated carbocycles. The Morgan fingerprint density at radius 1 is 1.31 bits per heavy atom. The Kier molecular flexibility index (Phi) is 2.49. The molecule has 0 bridgehead atoms. The Morgan fingerprint density at radius 3 is 2.94 bits per heavy atom. The van der Waals surface area contributed by atoms with Gasteiger partial charge < -0.3 is 9.64 Å². The van der Waals surface area contributed by atoms with Gasteiger partial charge in [0.1, 0.15) is 16.5 Å². The number of fused-ring (bicyclic) bond motifs is 1. The molecule has 2 aromatic rings. The van der Waals surface area contributed by atoms with Crippen molar-refractivity contribution in [3.8, 4) is 0 Å². The summed E-state index contributed by atoms with van der Waals surface area (Å²) < 4.78 is 5.36. The maximum Gasteiger partial charge on any atom is 0.141 e. The number of rotatable bonds is 1. The molecule has 0 spiro atoms. The van der Waals surface area contributed by atoms with E-state index >= 15 is 0 Å². The largest absolute Gasteiger partial charge is 0.378 e. The molecule has 0 radical (unpaired) electrons. The molecule has 0 N–H and O–H groups in total. The normalized spacial score (nSPS) is 16.9. The van der Waals surface area contributed by atoms with Crippen molar-refractivity contribution in [2.75, 3.05) is 31.2 Å². The fourth-order valence-electron chi connectivity index (χ4n) is 1.96. The first-order chi connectivity index (χ1) is 7.84. The van der Waals surface area contributed by atoms with E-state index in [2.05, 4.69) is 26.3 Å². The van der Waals surface area contributed by atoms with Crippen LogP contribution in [0, 0.1) is 6.92 Å². The van der Waals surface area contributed by atoms with E-state index in [1.807, 2.05) is 6.92 Å². The van der Waals surface area contributed by atoms with Crippen molar-refractivity contribution in [2.45, 2.75) is 6.92 Å². The Hall–Kier alpha value is -1.20. The molecule has 2 aromatic heterocycles. The molecule has 5 heteroatoms. The topological polar surface area (TPSA) is 38.2 Å². The highest BCUT2D eigenvalue weighted by Gasteiger charge is 2.16. The standard InChI is InChI=1S/C11H13N3OS/c1-8-12-10(14-3-5-15-6-4-14)9-2-7-16-11(9)13-8/h2,7H,3-6H2,1H3. The Labute approximate surface area is 97.9 Å². The van der Waals surface area contributed by atoms with Gasteiger partial charge in [-0.3, -0.25) is 0 Å². The number of anilines is 1. The lowest BCUT2D eigenvalue weighted by Gasteiger charge is -2.28. The molecule has 0 atom stereocenters. The molecular weight excluding hydrogens is 222 g/mol. The van der Waals surface area contributed by atoms with Crippen molar-refractivity contribution < 1.29 is 4.74 Å². The van der Waals surface area contributed by atoms with E-state index in [1.165, 1.54) is 0 Å². The lowest BCUT2D eigenvalue weighted by atomic mass is 10.3. The van der Waals surface area contributed by atoms with E-state index in [-0.39, 0.29) is 0 Å². The van der Waals surface area contributed by atoms with E-state index in [4.69, 9.17) is 4.74 Å². The summed E-state index contributed by atoms with van der Waals surface area (Å²) in [6, 6.07) is 2.10. The van der Waals surface area contributed by atoms with Crippen molar-refractivity contribution in [2.24, 2.45) is 0 Å². The minimum atomic E-state index is 0.786. The van der Waals surface area contributed by atoms with Crippen LogP contribution in [0.15, 0.2) is 11.4 Å². The fraction of sp³-hybridized carbons (Fsp3) is 0.455. The first-order valence-electron chi connectivity index (χ1n) is 5.39. The van der Waals surface area contributed by atoms with Gasteiger partial charge in [0.2, 0.25) is 0 Å². The molecule has 1 fully saturated rings. The molecule has 1 aliphatic heterocycles. The highest BCUT2D eigenvalue weighted by atomic mass is 32.1. The zero-order valence-electron chi connectivity index (χ0n) is 9.14. The maximum atomic E-state index is 5.36. The molecule has 4 nitrogen and oxygen atoms in total. The van der Waals surface area contributed by atoms with Gasteiger partial charge >= 0.3 is 0 Å². The molecule has 0 amide bonds. The van der Waals surface area contributed by atoms with Crippen LogP contribution < -0.4 is 4.90 Å². The Morgan fingerprint density at radius 2 is 2.12 bits per heavy atom. The highest BCUT2D eigenvalue weighted by molar-refractivity contribution is 7.16. The van der Waals surface area contributed by atoms with E-state index in [0.29, 0.717) is 0 Å². The van der Waals surface area contributed by atoms with Gasteiger partial charge in [-0.1, -0.05) is 0 Å². The van der Waals surface area contributed by atoms with Gasteiger partial charge in [-0.05, 0) is 18.4 Å². The smallest absolute Gasteiger partial charge is 0.141 e. The molecule has 0 aliphatic carbocycles. The van der Waals surface area contributed by atoms with E-state index in [0.717, 1.165) is 48.2 Å². The SMILES string of the molecule is Cc1nc(N2CCOCC2)c2ccsc2n1. The molecule has 3 heterocycles. The van der Waals surface area contributed by atoms with Crippen LogP contribution in [0.3, 0.4) is 0 Å². The van der Waals surface area contributed by atoms with E-state index in [9.17, 15) is 0 Å². The second-order valence-corrected chi connectivity index (χ2v) is 4.73. The monoisotopic (exact) mass is 235 g/mol. The van der Waals surface area contributed by atoms with Crippen LogP contribution in [0.1, 0.15) is 5.82 Å². The molecule has 0 unspecified atom stereocenters. The number of ether oxygens (including phenoxy) is 1. The average Bonchev–Trinajstić information content (AvgIpc) is 2.77. The number of aromatic nitrogens is 2. The third-order valence-electron chi connectivity index (χ3n) is 2.73. The second kappa shape index (κ2) is 3.99. The number of morpholine rings is 1. The summed E-state index contributed by atoms with van der Waals surface area (Å²) >= 11 is 1.67. The van der Waals surface area contributed by atoms with Gasteiger partial charge in [0.15, 0.2) is 0 Å². The van der Waals surface area contributed by atoms with Crippen LogP contribution in [0.5, 0.6) is 0 Å². The Bertz CT molecular complexity index is 505. The predicted octanol–water partition coefficient (Wildman–Crippen LogP) is 1.84. The molecule has 1 aliphatic rings. The number of thiophene rings is 1. The summed E-state index contributed by atoms with van der Waals surface area (Å²) in [6.45, 7) is 5.36. The first-order valence-corrected chi connectivity index (χ1v) is 6.27. The van der Waals surface area contributed by atoms with E-state index < -0.39 is 0 Å². The predicted molar refractivity (Wildman–Crippen MR) is 65.2 cm³/mol. The molecule has 3 rings (SSSR count). The van der Waals surface area contributed by atoms with Crippen LogP contribution in [-0.2, 0) is 4.74 Å². The summed E-state index contributed by atoms with van der Waals surface area (Å²) in [4.78, 5) is 12.4. The van der Waals surface area contributed by atoms with Gasteiger partial charge in [-0.15, -0.1) is 11.3 Å². The fourth-order valence-corrected chi connectivity index (χ4v) is 2.76. The van der Waals surface area contributed by atoms with Crippen LogP contribution >= 0.6 is 11.3 Å². The lowest BCUT2D eigenvalue weighted by molar-refractivity contribution is 0.122. The molecule has 16 heavy (non-hydrogen) atoms. The lowest BCUT2D eigenvalue weighted by Crippen LogP contribution is -2.37. The second-order valence-electron chi connectivity index (χ2n) is 3.83. The summed E-state index contributed by atoms with van der Waals surface area (Å²) in [6.07, 6.45) is 0. The van der Waals surface area contributed by atoms with E-state index in [1.54, 1.807) is 11.3 Å². The van der Waals surface area contributed by atoms with Crippen LogP contribution in [0.2, 0.25) is 0 Å². The summed E-state index contributed by atoms with van der Waals surface area (Å²) in [5.41, 5.74) is 0. The van der Waals surface area contributed by atoms with Crippen molar-refractivity contribution in [3.05, 3.63) is 17.3 Å². The summed E-state index contributed by atoms with van der Waals surface area (Å²) in [5, 5.41) is 3.24. The molecule has 0 aromatic carbocycles. The maximum absolute atomic E-state index is 5.36. The van der Waals surface area contributed by atoms with Crippen LogP contribution in [-0.4, -0.2) is 36.3 Å². The third kappa shape index (κ3) is 1.66. The highest BCUT2D eigenvalue weighted by Crippen LogP contribution is 2.28. The molecule has 1 saturated heterocycles. The number of hydrogen-bond acceptors (Lipinski definition) is 5. The summed E-state index contributed by atoms with van der Waals surface area (Å²) in [5.74, 6) is 1.91. The number of aryl methyl sites for hydroxylation is 1. The zero-order valence-corrected chi connectivity index (χ0v) is 9.96.